The van der Waals surface area contributed by atoms with Crippen molar-refractivity contribution in [2.24, 2.45) is 30.4 Å². The lowest BCUT2D eigenvalue weighted by molar-refractivity contribution is 0.242. The molecule has 2 aromatic carbocycles. The fourth-order valence-electron chi connectivity index (χ4n) is 4.36. The Morgan fingerprint density at radius 1 is 1.16 bits per heavy atom. The number of amidine groups is 1. The number of aryl methyl sites for hydroxylation is 1. The van der Waals surface area contributed by atoms with Crippen LogP contribution < -0.4 is 27.1 Å². The second-order valence-corrected chi connectivity index (χ2v) is 8.47. The molecule has 1 aliphatic heterocycles. The molecule has 0 saturated carbocycles. The van der Waals surface area contributed by atoms with Crippen molar-refractivity contribution in [3.05, 3.63) is 53.9 Å². The third kappa shape index (κ3) is 5.20. The van der Waals surface area contributed by atoms with Gasteiger partial charge in [-0.15, -0.1) is 0 Å². The van der Waals surface area contributed by atoms with Crippen LogP contribution in [0.5, 0.6) is 5.75 Å². The van der Waals surface area contributed by atoms with Crippen LogP contribution in [0, 0.1) is 11.3 Å². The van der Waals surface area contributed by atoms with Crippen molar-refractivity contribution in [3.8, 4) is 5.75 Å². The van der Waals surface area contributed by atoms with Crippen LogP contribution in [0.2, 0.25) is 0 Å². The molecular weight excluding hydrogens is 402 g/mol. The van der Waals surface area contributed by atoms with Crippen molar-refractivity contribution in [1.82, 2.24) is 9.55 Å². The monoisotopic (exact) mass is 437 g/mol. The summed E-state index contributed by atoms with van der Waals surface area (Å²) in [6, 6.07) is 14.2. The van der Waals surface area contributed by atoms with Crippen molar-refractivity contribution in [2.45, 2.75) is 39.2 Å². The number of benzene rings is 2. The number of nitrogens with one attached hydrogen (secondary N) is 1. The molecule has 0 bridgehead atoms. The lowest BCUT2D eigenvalue weighted by atomic mass is 9.92. The number of hydrazine groups is 1. The molecule has 1 aromatic heterocycles. The molecule has 32 heavy (non-hydrogen) atoms. The fourth-order valence-corrected chi connectivity index (χ4v) is 4.36. The number of nitrogens with zero attached hydrogens (tertiary/aromatic N) is 3. The van der Waals surface area contributed by atoms with E-state index >= 15 is 0 Å². The van der Waals surface area contributed by atoms with E-state index in [-0.39, 0.29) is 11.9 Å². The molecule has 1 saturated heterocycles. The van der Waals surface area contributed by atoms with Crippen molar-refractivity contribution < 1.29 is 4.74 Å². The van der Waals surface area contributed by atoms with Gasteiger partial charge in [-0.3, -0.25) is 17.1 Å². The molecule has 4 rings (SSSR count). The Labute approximate surface area is 189 Å². The molecule has 2 heterocycles. The molecule has 1 aliphatic rings. The van der Waals surface area contributed by atoms with E-state index in [2.05, 4.69) is 46.4 Å². The summed E-state index contributed by atoms with van der Waals surface area (Å²) in [5, 5.41) is 7.97. The average molecular weight is 438 g/mol. The van der Waals surface area contributed by atoms with E-state index in [0.29, 0.717) is 5.92 Å². The highest BCUT2D eigenvalue weighted by atomic mass is 16.5. The van der Waals surface area contributed by atoms with Crippen LogP contribution in [0.15, 0.2) is 42.5 Å². The molecular formula is C24H35N7O. The predicted molar refractivity (Wildman–Crippen MR) is 131 cm³/mol. The number of nitrogens with two attached hydrogens (primary N) is 3. The summed E-state index contributed by atoms with van der Waals surface area (Å²) in [6.45, 7) is 5.93. The second kappa shape index (κ2) is 10.5. The first-order valence-electron chi connectivity index (χ1n) is 11.1. The lowest BCUT2D eigenvalue weighted by Gasteiger charge is -2.35. The Kier molecular flexibility index (Phi) is 7.71. The number of hydrogen-bond donors (Lipinski definition) is 4. The summed E-state index contributed by atoms with van der Waals surface area (Å²) >= 11 is 0. The Bertz CT molecular complexity index is 1050. The molecule has 172 valence electrons. The van der Waals surface area contributed by atoms with E-state index in [9.17, 15) is 0 Å². The lowest BCUT2D eigenvalue weighted by Crippen LogP contribution is -2.36. The number of ether oxygens (including phenoxy) is 1. The van der Waals surface area contributed by atoms with Crippen LogP contribution >= 0.6 is 0 Å². The van der Waals surface area contributed by atoms with Crippen molar-refractivity contribution >= 4 is 22.6 Å². The maximum Gasteiger partial charge on any atom is 0.124 e. The van der Waals surface area contributed by atoms with Crippen LogP contribution in [0.4, 0.5) is 5.69 Å². The first kappa shape index (κ1) is 23.6. The number of rotatable bonds is 6. The summed E-state index contributed by atoms with van der Waals surface area (Å²) in [6.07, 6.45) is 3.29. The van der Waals surface area contributed by atoms with Gasteiger partial charge < -0.3 is 19.9 Å². The van der Waals surface area contributed by atoms with Crippen molar-refractivity contribution in [1.29, 1.82) is 5.41 Å². The number of fused-ring (bicyclic) bond motifs is 1. The molecule has 8 nitrogen and oxygen atoms in total. The molecule has 0 radical (unpaired) electrons. The minimum absolute atomic E-state index is 0.0999. The average Bonchev–Trinajstić information content (AvgIpc) is 3.10. The van der Waals surface area contributed by atoms with Gasteiger partial charge in [-0.25, -0.2) is 4.98 Å². The van der Waals surface area contributed by atoms with Crippen LogP contribution in [-0.2, 0) is 13.5 Å². The van der Waals surface area contributed by atoms with E-state index in [1.807, 2.05) is 38.1 Å². The van der Waals surface area contributed by atoms with Gasteiger partial charge in [0.1, 0.15) is 17.4 Å². The molecule has 0 unspecified atom stereocenters. The van der Waals surface area contributed by atoms with Gasteiger partial charge in [0.05, 0.1) is 22.8 Å². The third-order valence-corrected chi connectivity index (χ3v) is 5.94. The molecule has 0 spiro atoms. The summed E-state index contributed by atoms with van der Waals surface area (Å²) in [4.78, 5) is 7.19. The predicted octanol–water partition coefficient (Wildman–Crippen LogP) is 2.92. The Balaban J connectivity index is 0.00000141. The number of aromatic nitrogens is 2. The van der Waals surface area contributed by atoms with E-state index in [0.717, 1.165) is 60.7 Å². The van der Waals surface area contributed by atoms with Gasteiger partial charge >= 0.3 is 0 Å². The highest BCUT2D eigenvalue weighted by Gasteiger charge is 2.24. The number of imidazole rings is 1. The second-order valence-electron chi connectivity index (χ2n) is 8.47. The minimum atomic E-state index is 0.0999. The van der Waals surface area contributed by atoms with Crippen LogP contribution in [0.3, 0.4) is 0 Å². The topological polar surface area (TPSA) is 132 Å². The molecule has 7 N–H and O–H groups in total. The summed E-state index contributed by atoms with van der Waals surface area (Å²) in [5.41, 5.74) is 9.90. The first-order valence-corrected chi connectivity index (χ1v) is 11.1. The van der Waals surface area contributed by atoms with Gasteiger partial charge in [-0.05, 0) is 56.9 Å². The van der Waals surface area contributed by atoms with E-state index in [4.69, 9.17) is 20.9 Å². The number of hydrogen-bond acceptors (Lipinski definition) is 6. The standard InChI is InChI=1S/C24H31N5O.H4N2/c1-16(2)30-18-8-9-19(24(25)26)22(15-18)29-12-10-17(11-13-29)14-23-27-20-6-4-5-7-21(20)28(23)3;1-2/h4-9,15-17H,10-14H2,1-3H3,(H3,25,26);1-2H2. The highest BCUT2D eigenvalue weighted by molar-refractivity contribution is 6.00. The zero-order valence-corrected chi connectivity index (χ0v) is 19.2. The van der Waals surface area contributed by atoms with E-state index < -0.39 is 0 Å². The molecule has 8 heteroatoms. The molecule has 0 atom stereocenters. The van der Waals surface area contributed by atoms with Crippen LogP contribution in [-0.4, -0.2) is 34.6 Å². The Morgan fingerprint density at radius 3 is 2.47 bits per heavy atom. The quantitative estimate of drug-likeness (QED) is 0.203. The van der Waals surface area contributed by atoms with Crippen molar-refractivity contribution in [2.75, 3.05) is 18.0 Å². The molecule has 0 amide bonds. The zero-order valence-electron chi connectivity index (χ0n) is 19.2. The molecule has 1 fully saturated rings. The van der Waals surface area contributed by atoms with Gasteiger partial charge in [0.15, 0.2) is 0 Å². The first-order chi connectivity index (χ1) is 15.4. The van der Waals surface area contributed by atoms with E-state index in [1.54, 1.807) is 0 Å². The van der Waals surface area contributed by atoms with Gasteiger partial charge in [0.2, 0.25) is 0 Å². The maximum absolute atomic E-state index is 7.97. The molecule has 3 aromatic rings. The largest absolute Gasteiger partial charge is 0.491 e. The van der Waals surface area contributed by atoms with Gasteiger partial charge in [-0.1, -0.05) is 12.1 Å². The Morgan fingerprint density at radius 2 is 1.84 bits per heavy atom. The Hall–Kier alpha value is -3.10. The SMILES string of the molecule is CC(C)Oc1ccc(C(=N)N)c(N2CCC(Cc3nc4ccccc4n3C)CC2)c1.NN. The zero-order chi connectivity index (χ0) is 23.3. The number of para-hydroxylation sites is 2. The highest BCUT2D eigenvalue weighted by Crippen LogP contribution is 2.31. The maximum atomic E-state index is 7.97. The minimum Gasteiger partial charge on any atom is -0.491 e. The van der Waals surface area contributed by atoms with Gasteiger partial charge in [0.25, 0.3) is 0 Å². The smallest absolute Gasteiger partial charge is 0.124 e. The number of anilines is 1. The van der Waals surface area contributed by atoms with Crippen molar-refractivity contribution in [3.63, 3.8) is 0 Å². The van der Waals surface area contributed by atoms with E-state index in [1.165, 1.54) is 5.52 Å². The van der Waals surface area contributed by atoms with Gasteiger partial charge in [0, 0.05) is 38.2 Å². The molecule has 0 aliphatic carbocycles. The fraction of sp³-hybridized carbons (Fsp3) is 0.417. The third-order valence-electron chi connectivity index (χ3n) is 5.94. The van der Waals surface area contributed by atoms with Crippen LogP contribution in [0.1, 0.15) is 38.1 Å². The summed E-state index contributed by atoms with van der Waals surface area (Å²) in [7, 11) is 2.11. The normalized spacial score (nSPS) is 14.4. The van der Waals surface area contributed by atoms with Gasteiger partial charge in [-0.2, -0.15) is 0 Å². The number of piperidine rings is 1. The summed E-state index contributed by atoms with van der Waals surface area (Å²) in [5.74, 6) is 10.7. The summed E-state index contributed by atoms with van der Waals surface area (Å²) < 4.78 is 8.10. The number of nitrogen functional groups attached to an aromatic ring is 1. The van der Waals surface area contributed by atoms with Crippen LogP contribution in [0.25, 0.3) is 11.0 Å².